The highest BCUT2D eigenvalue weighted by Crippen LogP contribution is 2.38. The summed E-state index contributed by atoms with van der Waals surface area (Å²) in [6, 6.07) is 12.8. The van der Waals surface area contributed by atoms with Gasteiger partial charge < -0.3 is 14.2 Å². The highest BCUT2D eigenvalue weighted by Gasteiger charge is 2.35. The number of nitrogens with one attached hydrogen (secondary N) is 1. The van der Waals surface area contributed by atoms with Gasteiger partial charge in [-0.05, 0) is 37.6 Å². The van der Waals surface area contributed by atoms with E-state index in [2.05, 4.69) is 30.4 Å². The van der Waals surface area contributed by atoms with Crippen LogP contribution in [-0.4, -0.2) is 69.9 Å². The fraction of sp³-hybridized carbons (Fsp3) is 0.296. The van der Waals surface area contributed by atoms with E-state index in [1.165, 1.54) is 21.3 Å². The van der Waals surface area contributed by atoms with E-state index in [9.17, 15) is 8.42 Å². The molecule has 12 nitrogen and oxygen atoms in total. The molecule has 0 aliphatic carbocycles. The number of aromatic nitrogens is 7. The minimum Gasteiger partial charge on any atom is -0.494 e. The predicted molar refractivity (Wildman–Crippen MR) is 148 cm³/mol. The smallest absolute Gasteiger partial charge is 0.190 e. The van der Waals surface area contributed by atoms with Gasteiger partial charge in [-0.2, -0.15) is 5.10 Å². The zero-order valence-corrected chi connectivity index (χ0v) is 23.5. The first-order valence-corrected chi connectivity index (χ1v) is 14.1. The first-order valence-electron chi connectivity index (χ1n) is 12.4. The molecule has 5 rings (SSSR count). The molecule has 2 aromatic carbocycles. The van der Waals surface area contributed by atoms with Crippen LogP contribution in [0.15, 0.2) is 54.9 Å². The third-order valence-electron chi connectivity index (χ3n) is 6.67. The zero-order chi connectivity index (χ0) is 28.4. The number of para-hydroxylation sites is 2. The van der Waals surface area contributed by atoms with E-state index in [1.807, 2.05) is 31.2 Å². The second kappa shape index (κ2) is 11.0. The average molecular weight is 564 g/mol. The van der Waals surface area contributed by atoms with Crippen LogP contribution in [0.3, 0.4) is 0 Å². The van der Waals surface area contributed by atoms with Crippen molar-refractivity contribution in [1.29, 1.82) is 0 Å². The Bertz CT molecular complexity index is 1730. The summed E-state index contributed by atoms with van der Waals surface area (Å²) < 4.78 is 46.2. The van der Waals surface area contributed by atoms with Gasteiger partial charge in [0.05, 0.1) is 25.0 Å². The second-order valence-corrected chi connectivity index (χ2v) is 11.5. The van der Waals surface area contributed by atoms with Crippen molar-refractivity contribution in [1.82, 2.24) is 34.9 Å². The second-order valence-electron chi connectivity index (χ2n) is 9.19. The minimum atomic E-state index is -3.89. The average Bonchev–Trinajstić information content (AvgIpc) is 3.57. The Hall–Kier alpha value is -4.36. The van der Waals surface area contributed by atoms with Gasteiger partial charge in [0, 0.05) is 24.9 Å². The van der Waals surface area contributed by atoms with Crippen LogP contribution in [0.25, 0.3) is 28.1 Å². The van der Waals surface area contributed by atoms with Gasteiger partial charge in [-0.25, -0.2) is 18.4 Å². The number of sulfone groups is 1. The standard InChI is InChI=1S/C27H29N7O5S/c1-16-13-28-26(29-14-16)25(39-5)17(2)40(35,36)15-22-31-33-27(23-18-9-6-7-10-19(18)30-32-23)34(22)24-20(37-3)11-8-12-21(24)38-4/h6-14,17,25H,15H2,1-5H3,(H,30,32)/t17-,25-/m0/s1. The molecule has 0 spiro atoms. The summed E-state index contributed by atoms with van der Waals surface area (Å²) in [5.41, 5.74) is 2.59. The third-order valence-corrected chi connectivity index (χ3v) is 8.71. The van der Waals surface area contributed by atoms with Gasteiger partial charge in [0.25, 0.3) is 0 Å². The van der Waals surface area contributed by atoms with Crippen molar-refractivity contribution in [2.45, 2.75) is 31.0 Å². The van der Waals surface area contributed by atoms with Crippen molar-refractivity contribution in [2.75, 3.05) is 21.3 Å². The number of hydrogen-bond acceptors (Lipinski definition) is 10. The normalized spacial score (nSPS) is 13.3. The third kappa shape index (κ3) is 4.89. The largest absolute Gasteiger partial charge is 0.494 e. The molecule has 0 amide bonds. The molecule has 40 heavy (non-hydrogen) atoms. The molecular formula is C27H29N7O5S. The Balaban J connectivity index is 1.65. The van der Waals surface area contributed by atoms with Crippen molar-refractivity contribution in [2.24, 2.45) is 0 Å². The van der Waals surface area contributed by atoms with Crippen molar-refractivity contribution in [3.63, 3.8) is 0 Å². The zero-order valence-electron chi connectivity index (χ0n) is 22.7. The molecule has 0 fully saturated rings. The molecule has 5 aromatic rings. The van der Waals surface area contributed by atoms with Crippen LogP contribution in [0.4, 0.5) is 0 Å². The van der Waals surface area contributed by atoms with Crippen LogP contribution in [-0.2, 0) is 20.3 Å². The van der Waals surface area contributed by atoms with Gasteiger partial charge in [-0.15, -0.1) is 10.2 Å². The first-order chi connectivity index (χ1) is 19.3. The number of aromatic amines is 1. The number of rotatable bonds is 10. The highest BCUT2D eigenvalue weighted by atomic mass is 32.2. The van der Waals surface area contributed by atoms with E-state index < -0.39 is 26.9 Å². The summed E-state index contributed by atoms with van der Waals surface area (Å²) in [7, 11) is 0.591. The number of fused-ring (bicyclic) bond motifs is 1. The van der Waals surface area contributed by atoms with Crippen molar-refractivity contribution >= 4 is 20.7 Å². The van der Waals surface area contributed by atoms with Crippen LogP contribution < -0.4 is 9.47 Å². The summed E-state index contributed by atoms with van der Waals surface area (Å²) in [5, 5.41) is 16.0. The topological polar surface area (TPSA) is 147 Å². The quantitative estimate of drug-likeness (QED) is 0.267. The van der Waals surface area contributed by atoms with E-state index in [4.69, 9.17) is 14.2 Å². The maximum absolute atomic E-state index is 13.8. The van der Waals surface area contributed by atoms with E-state index in [1.54, 1.807) is 42.1 Å². The van der Waals surface area contributed by atoms with E-state index >= 15 is 0 Å². The van der Waals surface area contributed by atoms with Crippen molar-refractivity contribution in [3.05, 3.63) is 72.1 Å². The van der Waals surface area contributed by atoms with Crippen molar-refractivity contribution < 1.29 is 22.6 Å². The lowest BCUT2D eigenvalue weighted by Gasteiger charge is -2.22. The van der Waals surface area contributed by atoms with Gasteiger partial charge >= 0.3 is 0 Å². The maximum Gasteiger partial charge on any atom is 0.190 e. The van der Waals surface area contributed by atoms with Gasteiger partial charge in [0.15, 0.2) is 27.3 Å². The number of H-pyrrole nitrogens is 1. The minimum absolute atomic E-state index is 0.149. The van der Waals surface area contributed by atoms with Crippen LogP contribution in [0.1, 0.15) is 30.2 Å². The van der Waals surface area contributed by atoms with E-state index in [0.717, 1.165) is 16.5 Å². The molecule has 0 aliphatic rings. The Morgan fingerprint density at radius 1 is 0.950 bits per heavy atom. The molecule has 1 N–H and O–H groups in total. The fourth-order valence-electron chi connectivity index (χ4n) is 4.54. The molecule has 3 heterocycles. The molecule has 208 valence electrons. The molecule has 0 saturated carbocycles. The van der Waals surface area contributed by atoms with Crippen LogP contribution in [0, 0.1) is 6.92 Å². The molecule has 2 atom stereocenters. The number of benzene rings is 2. The van der Waals surface area contributed by atoms with E-state index in [0.29, 0.717) is 28.7 Å². The van der Waals surface area contributed by atoms with Crippen LogP contribution in [0.5, 0.6) is 11.5 Å². The Morgan fingerprint density at radius 3 is 2.27 bits per heavy atom. The van der Waals surface area contributed by atoms with Gasteiger partial charge in [0.2, 0.25) is 0 Å². The lowest BCUT2D eigenvalue weighted by molar-refractivity contribution is 0.0947. The monoisotopic (exact) mass is 563 g/mol. The van der Waals surface area contributed by atoms with E-state index in [-0.39, 0.29) is 11.6 Å². The number of ether oxygens (including phenoxy) is 3. The molecule has 0 saturated heterocycles. The van der Waals surface area contributed by atoms with Crippen molar-refractivity contribution in [3.8, 4) is 28.7 Å². The van der Waals surface area contributed by atoms with Gasteiger partial charge in [-0.1, -0.05) is 24.3 Å². The van der Waals surface area contributed by atoms with Gasteiger partial charge in [-0.3, -0.25) is 9.67 Å². The summed E-state index contributed by atoms with van der Waals surface area (Å²) in [5.74, 6) is 1.17. The summed E-state index contributed by atoms with van der Waals surface area (Å²) >= 11 is 0. The Labute approximate surface area is 231 Å². The highest BCUT2D eigenvalue weighted by molar-refractivity contribution is 7.91. The molecule has 3 aromatic heterocycles. The number of methoxy groups -OCH3 is 3. The Morgan fingerprint density at radius 2 is 1.62 bits per heavy atom. The molecular weight excluding hydrogens is 534 g/mol. The summed E-state index contributed by atoms with van der Waals surface area (Å²) in [4.78, 5) is 8.58. The summed E-state index contributed by atoms with van der Waals surface area (Å²) in [6.45, 7) is 3.42. The predicted octanol–water partition coefficient (Wildman–Crippen LogP) is 3.62. The Kier molecular flexibility index (Phi) is 7.50. The number of hydrogen-bond donors (Lipinski definition) is 1. The van der Waals surface area contributed by atoms with Crippen LogP contribution >= 0.6 is 0 Å². The molecule has 0 radical (unpaired) electrons. The fourth-order valence-corrected chi connectivity index (χ4v) is 5.96. The maximum atomic E-state index is 13.8. The van der Waals surface area contributed by atoms with Crippen LogP contribution in [0.2, 0.25) is 0 Å². The molecule has 0 aliphatic heterocycles. The molecule has 13 heteroatoms. The summed E-state index contributed by atoms with van der Waals surface area (Å²) in [6.07, 6.45) is 2.36. The SMILES string of the molecule is COc1cccc(OC)c1-n1c(CS(=O)(=O)[C@@H](C)[C@H](OC)c2ncc(C)cn2)nnc1-c1n[nH]c2ccccc12. The number of nitrogens with zero attached hydrogens (tertiary/aromatic N) is 6. The van der Waals surface area contributed by atoms with Gasteiger partial charge in [0.1, 0.15) is 34.7 Å². The molecule has 0 bridgehead atoms. The lowest BCUT2D eigenvalue weighted by Crippen LogP contribution is -2.30. The molecule has 0 unspecified atom stereocenters. The lowest BCUT2D eigenvalue weighted by atomic mass is 10.2. The number of aryl methyl sites for hydroxylation is 1. The first kappa shape index (κ1) is 27.2.